The standard InChI is InChI=1S/C13H16N2O4S/c1-9-5-6-10(20-9)13(18)15-8-11(16)14-7-3-4-12(17)19-2/h3-6H,7-8H2,1-2H3,(H,14,16)(H,15,18)/b4-3+. The molecule has 20 heavy (non-hydrogen) atoms. The first-order valence-corrected chi connectivity index (χ1v) is 6.70. The summed E-state index contributed by atoms with van der Waals surface area (Å²) in [4.78, 5) is 35.4. The fraction of sp³-hybridized carbons (Fsp3) is 0.308. The first-order chi connectivity index (χ1) is 9.52. The molecule has 6 nitrogen and oxygen atoms in total. The molecule has 7 heteroatoms. The van der Waals surface area contributed by atoms with Gasteiger partial charge < -0.3 is 15.4 Å². The number of methoxy groups -OCH3 is 1. The fourth-order valence-electron chi connectivity index (χ4n) is 1.26. The predicted octanol–water partition coefficient (Wildman–Crippen LogP) is 0.632. The maximum absolute atomic E-state index is 11.7. The SMILES string of the molecule is COC(=O)/C=C/CNC(=O)CNC(=O)c1ccc(C)s1. The summed E-state index contributed by atoms with van der Waals surface area (Å²) in [6.45, 7) is 1.99. The lowest BCUT2D eigenvalue weighted by Crippen LogP contribution is -2.36. The Kier molecular flexibility index (Phi) is 6.45. The van der Waals surface area contributed by atoms with E-state index >= 15 is 0 Å². The van der Waals surface area contributed by atoms with Crippen LogP contribution < -0.4 is 10.6 Å². The smallest absolute Gasteiger partial charge is 0.330 e. The average Bonchev–Trinajstić information content (AvgIpc) is 2.87. The highest BCUT2D eigenvalue weighted by atomic mass is 32.1. The molecule has 1 aromatic rings. The molecular weight excluding hydrogens is 280 g/mol. The molecule has 0 saturated heterocycles. The lowest BCUT2D eigenvalue weighted by molar-refractivity contribution is -0.134. The summed E-state index contributed by atoms with van der Waals surface area (Å²) >= 11 is 1.37. The number of esters is 1. The highest BCUT2D eigenvalue weighted by Crippen LogP contribution is 2.14. The van der Waals surface area contributed by atoms with Gasteiger partial charge in [0.15, 0.2) is 0 Å². The summed E-state index contributed by atoms with van der Waals surface area (Å²) < 4.78 is 4.39. The Morgan fingerprint density at radius 2 is 2.05 bits per heavy atom. The van der Waals surface area contributed by atoms with E-state index in [1.54, 1.807) is 6.07 Å². The molecule has 0 bridgehead atoms. The number of thiophene rings is 1. The lowest BCUT2D eigenvalue weighted by atomic mass is 10.4. The first-order valence-electron chi connectivity index (χ1n) is 5.88. The normalized spacial score (nSPS) is 10.3. The third-order valence-corrected chi connectivity index (χ3v) is 3.25. The van der Waals surface area contributed by atoms with E-state index in [-0.39, 0.29) is 24.9 Å². The van der Waals surface area contributed by atoms with Crippen molar-refractivity contribution in [1.29, 1.82) is 0 Å². The second-order valence-electron chi connectivity index (χ2n) is 3.82. The van der Waals surface area contributed by atoms with Crippen molar-refractivity contribution in [2.24, 2.45) is 0 Å². The van der Waals surface area contributed by atoms with Crippen molar-refractivity contribution in [3.8, 4) is 0 Å². The van der Waals surface area contributed by atoms with Crippen molar-refractivity contribution in [3.05, 3.63) is 34.0 Å². The number of ether oxygens (including phenoxy) is 1. The molecule has 0 aliphatic rings. The number of amides is 2. The molecule has 0 aliphatic carbocycles. The van der Waals surface area contributed by atoms with Crippen LogP contribution in [-0.2, 0) is 14.3 Å². The van der Waals surface area contributed by atoms with Gasteiger partial charge in [0.05, 0.1) is 18.5 Å². The van der Waals surface area contributed by atoms with Crippen LogP contribution in [-0.4, -0.2) is 38.0 Å². The molecular formula is C13H16N2O4S. The number of nitrogens with one attached hydrogen (secondary N) is 2. The van der Waals surface area contributed by atoms with Crippen LogP contribution in [0.3, 0.4) is 0 Å². The molecule has 0 atom stereocenters. The van der Waals surface area contributed by atoms with E-state index in [0.717, 1.165) is 4.88 Å². The van der Waals surface area contributed by atoms with Crippen molar-refractivity contribution >= 4 is 29.1 Å². The van der Waals surface area contributed by atoms with Gasteiger partial charge in [0, 0.05) is 17.5 Å². The highest BCUT2D eigenvalue weighted by Gasteiger charge is 2.09. The summed E-state index contributed by atoms with van der Waals surface area (Å²) in [5.41, 5.74) is 0. The van der Waals surface area contributed by atoms with E-state index < -0.39 is 5.97 Å². The number of carbonyl (C=O) groups is 3. The van der Waals surface area contributed by atoms with E-state index in [1.165, 1.54) is 30.6 Å². The number of hydrogen-bond donors (Lipinski definition) is 2. The molecule has 0 unspecified atom stereocenters. The zero-order valence-corrected chi connectivity index (χ0v) is 12.1. The minimum atomic E-state index is -0.486. The van der Waals surface area contributed by atoms with E-state index in [4.69, 9.17) is 0 Å². The molecule has 108 valence electrons. The van der Waals surface area contributed by atoms with Crippen LogP contribution in [0.15, 0.2) is 24.3 Å². The van der Waals surface area contributed by atoms with E-state index in [9.17, 15) is 14.4 Å². The van der Waals surface area contributed by atoms with Crippen LogP contribution in [0.5, 0.6) is 0 Å². The zero-order chi connectivity index (χ0) is 15.0. The fourth-order valence-corrected chi connectivity index (χ4v) is 2.05. The summed E-state index contributed by atoms with van der Waals surface area (Å²) in [6.07, 6.45) is 2.68. The van der Waals surface area contributed by atoms with Gasteiger partial charge in [0.25, 0.3) is 5.91 Å². The molecule has 0 aromatic carbocycles. The molecule has 1 aromatic heterocycles. The number of rotatable bonds is 6. The molecule has 2 amide bonds. The van der Waals surface area contributed by atoms with Crippen LogP contribution in [0, 0.1) is 6.92 Å². The molecule has 0 aliphatic heterocycles. The van der Waals surface area contributed by atoms with Gasteiger partial charge in [-0.05, 0) is 19.1 Å². The summed E-state index contributed by atoms with van der Waals surface area (Å²) in [7, 11) is 1.27. The van der Waals surface area contributed by atoms with Crippen molar-refractivity contribution < 1.29 is 19.1 Å². The van der Waals surface area contributed by atoms with Crippen molar-refractivity contribution in [1.82, 2.24) is 10.6 Å². The van der Waals surface area contributed by atoms with Gasteiger partial charge in [-0.15, -0.1) is 11.3 Å². The molecule has 0 radical (unpaired) electrons. The molecule has 0 spiro atoms. The Bertz CT molecular complexity index is 522. The largest absolute Gasteiger partial charge is 0.466 e. The number of hydrogen-bond acceptors (Lipinski definition) is 5. The van der Waals surface area contributed by atoms with Gasteiger partial charge in [-0.25, -0.2) is 4.79 Å². The van der Waals surface area contributed by atoms with E-state index in [2.05, 4.69) is 15.4 Å². The summed E-state index contributed by atoms with van der Waals surface area (Å²) in [5, 5.41) is 5.05. The first kappa shape index (κ1) is 15.9. The van der Waals surface area contributed by atoms with Gasteiger partial charge in [0.2, 0.25) is 5.91 Å². The minimum absolute atomic E-state index is 0.109. The second kappa shape index (κ2) is 8.11. The topological polar surface area (TPSA) is 84.5 Å². The maximum atomic E-state index is 11.7. The third kappa shape index (κ3) is 5.66. The maximum Gasteiger partial charge on any atom is 0.330 e. The van der Waals surface area contributed by atoms with Crippen LogP contribution in [0.2, 0.25) is 0 Å². The van der Waals surface area contributed by atoms with Crippen molar-refractivity contribution in [2.45, 2.75) is 6.92 Å². The Morgan fingerprint density at radius 3 is 2.65 bits per heavy atom. The average molecular weight is 296 g/mol. The van der Waals surface area contributed by atoms with Gasteiger partial charge in [0.1, 0.15) is 0 Å². The van der Waals surface area contributed by atoms with E-state index in [1.807, 2.05) is 13.0 Å². The summed E-state index contributed by atoms with van der Waals surface area (Å²) in [6, 6.07) is 3.56. The van der Waals surface area contributed by atoms with Gasteiger partial charge in [-0.1, -0.05) is 6.08 Å². The van der Waals surface area contributed by atoms with Gasteiger partial charge in [-0.2, -0.15) is 0 Å². The molecule has 0 fully saturated rings. The quantitative estimate of drug-likeness (QED) is 0.596. The van der Waals surface area contributed by atoms with Gasteiger partial charge >= 0.3 is 5.97 Å². The molecule has 1 rings (SSSR count). The zero-order valence-electron chi connectivity index (χ0n) is 11.3. The number of aryl methyl sites for hydroxylation is 1. The Hall–Kier alpha value is -2.15. The summed E-state index contributed by atoms with van der Waals surface area (Å²) in [5.74, 6) is -1.09. The predicted molar refractivity (Wildman–Crippen MR) is 75.6 cm³/mol. The highest BCUT2D eigenvalue weighted by molar-refractivity contribution is 7.13. The molecule has 2 N–H and O–H groups in total. The molecule has 1 heterocycles. The lowest BCUT2D eigenvalue weighted by Gasteiger charge is -2.03. The van der Waals surface area contributed by atoms with Crippen molar-refractivity contribution in [3.63, 3.8) is 0 Å². The van der Waals surface area contributed by atoms with Gasteiger partial charge in [-0.3, -0.25) is 9.59 Å². The molecule has 0 saturated carbocycles. The third-order valence-electron chi connectivity index (χ3n) is 2.25. The number of carbonyl (C=O) groups excluding carboxylic acids is 3. The second-order valence-corrected chi connectivity index (χ2v) is 5.11. The van der Waals surface area contributed by atoms with Crippen LogP contribution in [0.4, 0.5) is 0 Å². The van der Waals surface area contributed by atoms with Crippen LogP contribution in [0.1, 0.15) is 14.5 Å². The van der Waals surface area contributed by atoms with E-state index in [0.29, 0.717) is 4.88 Å². The van der Waals surface area contributed by atoms with Crippen LogP contribution in [0.25, 0.3) is 0 Å². The Labute approximate surface area is 120 Å². The van der Waals surface area contributed by atoms with Crippen molar-refractivity contribution in [2.75, 3.05) is 20.2 Å². The Balaban J connectivity index is 2.25. The Morgan fingerprint density at radius 1 is 1.30 bits per heavy atom. The van der Waals surface area contributed by atoms with Crippen LogP contribution >= 0.6 is 11.3 Å². The monoisotopic (exact) mass is 296 g/mol. The minimum Gasteiger partial charge on any atom is -0.466 e.